The normalized spacial score (nSPS) is 28.0. The molecule has 2 nitrogen and oxygen atoms in total. The average Bonchev–Trinajstić information content (AvgIpc) is 2.02. The van der Waals surface area contributed by atoms with Gasteiger partial charge in [0.05, 0.1) is 5.41 Å². The van der Waals surface area contributed by atoms with Crippen molar-refractivity contribution in [1.82, 2.24) is 0 Å². The van der Waals surface area contributed by atoms with Crippen molar-refractivity contribution in [3.63, 3.8) is 0 Å². The van der Waals surface area contributed by atoms with Crippen LogP contribution in [0.3, 0.4) is 0 Å². The molecule has 0 spiro atoms. The Morgan fingerprint density at radius 3 is 2.83 bits per heavy atom. The molecule has 0 saturated heterocycles. The molecule has 0 radical (unpaired) electrons. The second kappa shape index (κ2) is 3.05. The van der Waals surface area contributed by atoms with Crippen molar-refractivity contribution in [1.29, 1.82) is 0 Å². The Kier molecular flexibility index (Phi) is 2.27. The molecule has 0 aromatic heterocycles. The highest BCUT2D eigenvalue weighted by Crippen LogP contribution is 2.31. The first kappa shape index (κ1) is 8.91. The molecule has 1 rings (SSSR count). The topological polar surface area (TPSA) is 34.1 Å². The Morgan fingerprint density at radius 2 is 2.33 bits per heavy atom. The number of Topliss-reactive ketones (excluding diaryl/α,β-unsaturated/α-hetero) is 1. The predicted octanol–water partition coefficient (Wildman–Crippen LogP) is 1.67. The number of aldehydes is 1. The first-order chi connectivity index (χ1) is 5.58. The van der Waals surface area contributed by atoms with Gasteiger partial charge in [-0.1, -0.05) is 23.8 Å². The summed E-state index contributed by atoms with van der Waals surface area (Å²) in [5.74, 6) is -0.341. The van der Waals surface area contributed by atoms with Gasteiger partial charge in [0.2, 0.25) is 5.78 Å². The lowest BCUT2D eigenvalue weighted by Gasteiger charge is -2.24. The summed E-state index contributed by atoms with van der Waals surface area (Å²) >= 11 is 0. The fourth-order valence-corrected chi connectivity index (χ4v) is 1.43. The van der Waals surface area contributed by atoms with Crippen LogP contribution in [0.4, 0.5) is 0 Å². The Labute approximate surface area is 72.0 Å². The molecule has 1 atom stereocenters. The summed E-state index contributed by atoms with van der Waals surface area (Å²) in [5.41, 5.74) is 0.538. The van der Waals surface area contributed by atoms with Gasteiger partial charge in [0.15, 0.2) is 6.29 Å². The lowest BCUT2D eigenvalue weighted by Crippen LogP contribution is -2.28. The van der Waals surface area contributed by atoms with Crippen LogP contribution in [-0.4, -0.2) is 12.1 Å². The number of allylic oxidation sites excluding steroid dienone is 4. The third-order valence-electron chi connectivity index (χ3n) is 2.16. The summed E-state index contributed by atoms with van der Waals surface area (Å²) in [7, 11) is 0. The summed E-state index contributed by atoms with van der Waals surface area (Å²) in [6, 6.07) is 0. The molecule has 0 aliphatic heterocycles. The largest absolute Gasteiger partial charge is 0.295 e. The quantitative estimate of drug-likeness (QED) is 0.459. The highest BCUT2D eigenvalue weighted by Gasteiger charge is 2.30. The van der Waals surface area contributed by atoms with Crippen molar-refractivity contribution >= 4 is 12.1 Å². The number of carbonyl (C=O) groups is 2. The van der Waals surface area contributed by atoms with Crippen molar-refractivity contribution in [2.45, 2.75) is 20.3 Å². The fraction of sp³-hybridized carbons (Fsp3) is 0.400. The van der Waals surface area contributed by atoms with Gasteiger partial charge in [0.25, 0.3) is 0 Å². The zero-order chi connectivity index (χ0) is 9.19. The van der Waals surface area contributed by atoms with Crippen LogP contribution in [-0.2, 0) is 9.59 Å². The van der Waals surface area contributed by atoms with E-state index in [9.17, 15) is 9.59 Å². The molecule has 1 aliphatic carbocycles. The highest BCUT2D eigenvalue weighted by atomic mass is 16.2. The first-order valence-electron chi connectivity index (χ1n) is 3.93. The van der Waals surface area contributed by atoms with Gasteiger partial charge in [-0.3, -0.25) is 9.59 Å². The smallest absolute Gasteiger partial charge is 0.205 e. The van der Waals surface area contributed by atoms with Crippen LogP contribution in [0, 0.1) is 5.41 Å². The Bertz CT molecular complexity index is 274. The number of ketones is 1. The van der Waals surface area contributed by atoms with Crippen molar-refractivity contribution in [3.8, 4) is 0 Å². The van der Waals surface area contributed by atoms with Crippen LogP contribution in [0.2, 0.25) is 0 Å². The number of hydrogen-bond donors (Lipinski definition) is 0. The highest BCUT2D eigenvalue weighted by molar-refractivity contribution is 6.28. The minimum absolute atomic E-state index is 0.341. The van der Waals surface area contributed by atoms with Gasteiger partial charge in [-0.2, -0.15) is 0 Å². The van der Waals surface area contributed by atoms with Crippen LogP contribution in [0.5, 0.6) is 0 Å². The average molecular weight is 164 g/mol. The van der Waals surface area contributed by atoms with E-state index in [0.717, 1.165) is 5.57 Å². The van der Waals surface area contributed by atoms with Gasteiger partial charge in [0, 0.05) is 0 Å². The molecule has 2 heteroatoms. The van der Waals surface area contributed by atoms with E-state index in [2.05, 4.69) is 0 Å². The van der Waals surface area contributed by atoms with E-state index < -0.39 is 5.41 Å². The summed E-state index contributed by atoms with van der Waals surface area (Å²) < 4.78 is 0. The Morgan fingerprint density at radius 1 is 1.67 bits per heavy atom. The lowest BCUT2D eigenvalue weighted by molar-refractivity contribution is -0.134. The van der Waals surface area contributed by atoms with Crippen LogP contribution in [0.15, 0.2) is 23.8 Å². The molecule has 0 bridgehead atoms. The van der Waals surface area contributed by atoms with E-state index in [0.29, 0.717) is 12.7 Å². The monoisotopic (exact) mass is 164 g/mol. The molecule has 0 heterocycles. The summed E-state index contributed by atoms with van der Waals surface area (Å²) in [5, 5.41) is 0. The van der Waals surface area contributed by atoms with E-state index in [1.54, 1.807) is 13.0 Å². The molecule has 0 fully saturated rings. The van der Waals surface area contributed by atoms with Gasteiger partial charge >= 0.3 is 0 Å². The Hall–Kier alpha value is -1.18. The minimum Gasteiger partial charge on any atom is -0.295 e. The fourth-order valence-electron chi connectivity index (χ4n) is 1.43. The van der Waals surface area contributed by atoms with Gasteiger partial charge in [-0.15, -0.1) is 0 Å². The molecule has 64 valence electrons. The van der Waals surface area contributed by atoms with Gasteiger partial charge in [-0.25, -0.2) is 0 Å². The van der Waals surface area contributed by atoms with E-state index in [4.69, 9.17) is 0 Å². The van der Waals surface area contributed by atoms with E-state index >= 15 is 0 Å². The maximum atomic E-state index is 11.2. The molecule has 0 aromatic carbocycles. The summed E-state index contributed by atoms with van der Waals surface area (Å²) in [4.78, 5) is 21.5. The number of carbonyl (C=O) groups excluding carboxylic acids is 2. The van der Waals surface area contributed by atoms with Gasteiger partial charge in [0.1, 0.15) is 0 Å². The molecular weight excluding hydrogens is 152 g/mol. The van der Waals surface area contributed by atoms with Crippen molar-refractivity contribution in [2.24, 2.45) is 5.41 Å². The second-order valence-corrected chi connectivity index (χ2v) is 3.45. The number of rotatable bonds is 2. The number of hydrogen-bond acceptors (Lipinski definition) is 2. The van der Waals surface area contributed by atoms with Crippen LogP contribution >= 0.6 is 0 Å². The third kappa shape index (κ3) is 1.52. The Balaban J connectivity index is 2.89. The van der Waals surface area contributed by atoms with Gasteiger partial charge < -0.3 is 0 Å². The van der Waals surface area contributed by atoms with Crippen molar-refractivity contribution in [3.05, 3.63) is 23.8 Å². The maximum absolute atomic E-state index is 11.2. The van der Waals surface area contributed by atoms with Crippen LogP contribution in [0.25, 0.3) is 0 Å². The van der Waals surface area contributed by atoms with Crippen molar-refractivity contribution < 1.29 is 9.59 Å². The van der Waals surface area contributed by atoms with Crippen LogP contribution < -0.4 is 0 Å². The third-order valence-corrected chi connectivity index (χ3v) is 2.16. The molecule has 1 aliphatic rings. The van der Waals surface area contributed by atoms with Crippen molar-refractivity contribution in [2.75, 3.05) is 0 Å². The molecule has 0 aromatic rings. The zero-order valence-corrected chi connectivity index (χ0v) is 7.33. The standard InChI is InChI=1S/C10H12O2/c1-8-4-3-5-10(2,6-8)9(12)7-11/h3-5,7H,6H2,1-2H3. The van der Waals surface area contributed by atoms with Gasteiger partial charge in [-0.05, 0) is 20.3 Å². The second-order valence-electron chi connectivity index (χ2n) is 3.45. The molecule has 0 amide bonds. The predicted molar refractivity (Wildman–Crippen MR) is 46.7 cm³/mol. The molecule has 1 unspecified atom stereocenters. The zero-order valence-electron chi connectivity index (χ0n) is 7.33. The molecule has 0 saturated carbocycles. The minimum atomic E-state index is -0.597. The molecule has 0 N–H and O–H groups in total. The van der Waals surface area contributed by atoms with E-state index in [1.165, 1.54) is 0 Å². The maximum Gasteiger partial charge on any atom is 0.205 e. The van der Waals surface area contributed by atoms with E-state index in [1.807, 2.05) is 19.1 Å². The SMILES string of the molecule is CC1=CC=CC(C)(C(=O)C=O)C1. The molecule has 12 heavy (non-hydrogen) atoms. The summed E-state index contributed by atoms with van der Waals surface area (Å²) in [6.07, 6.45) is 6.64. The summed E-state index contributed by atoms with van der Waals surface area (Å²) in [6.45, 7) is 3.75. The van der Waals surface area contributed by atoms with Crippen LogP contribution in [0.1, 0.15) is 20.3 Å². The lowest BCUT2D eigenvalue weighted by atomic mass is 9.77. The molecular formula is C10H12O2. The first-order valence-corrected chi connectivity index (χ1v) is 3.93. The van der Waals surface area contributed by atoms with E-state index in [-0.39, 0.29) is 5.78 Å².